The monoisotopic (exact) mass is 596 g/mol. The predicted octanol–water partition coefficient (Wildman–Crippen LogP) is 2.05. The van der Waals surface area contributed by atoms with Crippen LogP contribution in [0.3, 0.4) is 0 Å². The van der Waals surface area contributed by atoms with Crippen LogP contribution in [0.2, 0.25) is 0 Å². The summed E-state index contributed by atoms with van der Waals surface area (Å²) in [6.07, 6.45) is -7.54. The number of thiophene rings is 1. The van der Waals surface area contributed by atoms with E-state index in [1.54, 1.807) is 19.1 Å². The molecule has 1 atom stereocenters. The summed E-state index contributed by atoms with van der Waals surface area (Å²) in [5.41, 5.74) is 2.51. The Kier molecular flexibility index (Phi) is 9.72. The van der Waals surface area contributed by atoms with Gasteiger partial charge in [0, 0.05) is 37.9 Å². The van der Waals surface area contributed by atoms with Gasteiger partial charge in [-0.15, -0.1) is 11.3 Å². The number of aliphatic carboxylic acids is 1. The summed E-state index contributed by atoms with van der Waals surface area (Å²) in [4.78, 5) is 35.8. The van der Waals surface area contributed by atoms with Crippen molar-refractivity contribution in [2.24, 2.45) is 0 Å². The summed E-state index contributed by atoms with van der Waals surface area (Å²) in [5.74, 6) is -3.77. The smallest absolute Gasteiger partial charge is 0.455 e. The molecule has 15 heteroatoms. The number of nitrogens with zero attached hydrogens (tertiary/aromatic N) is 1. The Balaban J connectivity index is 0.000000559. The van der Waals surface area contributed by atoms with E-state index >= 15 is 0 Å². The standard InChI is InChI=1S/C23H25F3N2O4S.C2HF3O2/c1-31-17-11-14-5-8-28(13-15(14)12-18(17)32-2)16-6-9-27(10-7-16)22(30)20-4-3-19(33-20)21(29)23(24,25)26;3-2(4,5)1(6)7/h3-4,11-12,16H,5-10,13H2,1-2H3;(H,6,7). The molecule has 1 fully saturated rings. The van der Waals surface area contributed by atoms with Gasteiger partial charge in [0.1, 0.15) is 12.5 Å². The van der Waals surface area contributed by atoms with Crippen LogP contribution in [0, 0.1) is 0 Å². The van der Waals surface area contributed by atoms with Gasteiger partial charge in [0.2, 0.25) is 0 Å². The van der Waals surface area contributed by atoms with Crippen molar-refractivity contribution in [2.45, 2.75) is 44.2 Å². The van der Waals surface area contributed by atoms with Gasteiger partial charge in [-0.05, 0) is 29.8 Å². The molecule has 2 aliphatic heterocycles. The molecule has 0 radical (unpaired) electrons. The van der Waals surface area contributed by atoms with Crippen molar-refractivity contribution in [3.05, 3.63) is 45.1 Å². The highest BCUT2D eigenvalue weighted by molar-refractivity contribution is 7.16. The molecule has 40 heavy (non-hydrogen) atoms. The van der Waals surface area contributed by atoms with E-state index in [1.165, 1.54) is 22.1 Å². The number of likely N-dealkylation sites (tertiary alicyclic amines) is 1. The molecule has 4 rings (SSSR count). The van der Waals surface area contributed by atoms with Gasteiger partial charge in [-0.25, -0.2) is 0 Å². The molecule has 8 nitrogen and oxygen atoms in total. The topological polar surface area (TPSA) is 100 Å². The van der Waals surface area contributed by atoms with Crippen LogP contribution < -0.4 is 19.5 Å². The fourth-order valence-corrected chi connectivity index (χ4v) is 5.63. The van der Waals surface area contributed by atoms with Crippen molar-refractivity contribution in [1.82, 2.24) is 4.90 Å². The molecule has 1 aromatic heterocycles. The molecule has 0 aliphatic carbocycles. The first kappa shape index (κ1) is 31.2. The third kappa shape index (κ3) is 7.44. The lowest BCUT2D eigenvalue weighted by Crippen LogP contribution is -3.15. The molecule has 0 saturated carbocycles. The Morgan fingerprint density at radius 1 is 0.925 bits per heavy atom. The molecule has 0 spiro atoms. The molecule has 1 amide bonds. The van der Waals surface area contributed by atoms with E-state index in [9.17, 15) is 35.9 Å². The molecule has 2 aromatic rings. The number of amides is 1. The fraction of sp³-hybridized carbons (Fsp3) is 0.480. The number of ether oxygens (including phenoxy) is 2. The van der Waals surface area contributed by atoms with Crippen molar-refractivity contribution in [2.75, 3.05) is 33.9 Å². The second kappa shape index (κ2) is 12.5. The van der Waals surface area contributed by atoms with Gasteiger partial charge < -0.3 is 29.2 Å². The van der Waals surface area contributed by atoms with Gasteiger partial charge in [0.15, 0.2) is 11.5 Å². The number of carbonyl (C=O) groups excluding carboxylic acids is 3. The molecule has 3 heterocycles. The van der Waals surface area contributed by atoms with Crippen molar-refractivity contribution >= 4 is 29.0 Å². The SMILES string of the molecule is COc1cc2c(cc1OC)C[NH+](C1CCN(C(=O)c3ccc(C(=O)C(F)(F)F)s3)CC1)CC2.O=C([O-])C(F)(F)F. The lowest BCUT2D eigenvalue weighted by atomic mass is 9.95. The van der Waals surface area contributed by atoms with Gasteiger partial charge in [-0.2, -0.15) is 26.3 Å². The minimum absolute atomic E-state index is 0.168. The van der Waals surface area contributed by atoms with E-state index in [-0.39, 0.29) is 10.8 Å². The molecule has 1 saturated heterocycles. The number of ketones is 1. The highest BCUT2D eigenvalue weighted by atomic mass is 32.1. The fourth-order valence-electron chi connectivity index (χ4n) is 4.70. The molecule has 1 aromatic carbocycles. The number of rotatable bonds is 5. The average molecular weight is 597 g/mol. The van der Waals surface area contributed by atoms with Crippen LogP contribution in [0.1, 0.15) is 43.3 Å². The minimum atomic E-state index is -5.19. The molecule has 2 aliphatic rings. The van der Waals surface area contributed by atoms with Crippen LogP contribution in [-0.4, -0.2) is 74.8 Å². The van der Waals surface area contributed by atoms with E-state index < -0.39 is 29.0 Å². The highest BCUT2D eigenvalue weighted by Crippen LogP contribution is 2.32. The maximum atomic E-state index is 12.8. The van der Waals surface area contributed by atoms with E-state index in [0.717, 1.165) is 49.9 Å². The zero-order valence-corrected chi connectivity index (χ0v) is 22.2. The number of fused-ring (bicyclic) bond motifs is 1. The van der Waals surface area contributed by atoms with Crippen LogP contribution in [-0.2, 0) is 17.8 Å². The molecule has 0 bridgehead atoms. The zero-order valence-electron chi connectivity index (χ0n) is 21.4. The Morgan fingerprint density at radius 2 is 1.45 bits per heavy atom. The van der Waals surface area contributed by atoms with Crippen LogP contribution in [0.15, 0.2) is 24.3 Å². The number of carbonyl (C=O) groups is 3. The number of piperidine rings is 1. The largest absolute Gasteiger partial charge is 0.542 e. The van der Waals surface area contributed by atoms with Gasteiger partial charge in [-0.3, -0.25) is 9.59 Å². The number of carboxylic acids is 1. The summed E-state index contributed by atoms with van der Waals surface area (Å²) in [6, 6.07) is 6.89. The maximum absolute atomic E-state index is 12.8. The normalized spacial score (nSPS) is 17.8. The summed E-state index contributed by atoms with van der Waals surface area (Å²) in [7, 11) is 3.25. The van der Waals surface area contributed by atoms with Crippen LogP contribution in [0.5, 0.6) is 11.5 Å². The summed E-state index contributed by atoms with van der Waals surface area (Å²) >= 11 is 0.609. The van der Waals surface area contributed by atoms with E-state index in [2.05, 4.69) is 0 Å². The van der Waals surface area contributed by atoms with Gasteiger partial charge in [0.05, 0.1) is 36.6 Å². The van der Waals surface area contributed by atoms with Crippen molar-refractivity contribution in [3.63, 3.8) is 0 Å². The average Bonchev–Trinajstić information content (AvgIpc) is 3.40. The second-order valence-corrected chi connectivity index (χ2v) is 10.2. The first-order valence-electron chi connectivity index (χ1n) is 12.0. The summed E-state index contributed by atoms with van der Waals surface area (Å²) in [5, 5.41) is 8.78. The number of halogens is 6. The van der Waals surface area contributed by atoms with Gasteiger partial charge >= 0.3 is 12.4 Å². The Morgan fingerprint density at radius 3 is 1.95 bits per heavy atom. The molecule has 1 unspecified atom stereocenters. The molecular weight excluding hydrogens is 570 g/mol. The Hall–Kier alpha value is -3.33. The number of Topliss-reactive ketones (excluding diaryl/α,β-unsaturated/α-hetero) is 1. The number of nitrogens with one attached hydrogen (secondary N) is 1. The first-order chi connectivity index (χ1) is 18.6. The molecule has 1 N–H and O–H groups in total. The summed E-state index contributed by atoms with van der Waals surface area (Å²) < 4.78 is 80.3. The quantitative estimate of drug-likeness (QED) is 0.419. The Bertz CT molecular complexity index is 1240. The lowest BCUT2D eigenvalue weighted by molar-refractivity contribution is -0.942. The molecular formula is C25H26F6N2O6S. The van der Waals surface area contributed by atoms with Crippen molar-refractivity contribution < 1.29 is 60.2 Å². The van der Waals surface area contributed by atoms with Crippen molar-refractivity contribution in [1.29, 1.82) is 0 Å². The van der Waals surface area contributed by atoms with Crippen molar-refractivity contribution in [3.8, 4) is 11.5 Å². The number of quaternary nitrogens is 1. The predicted molar refractivity (Wildman–Crippen MR) is 127 cm³/mol. The van der Waals surface area contributed by atoms with Gasteiger partial charge in [-0.1, -0.05) is 0 Å². The minimum Gasteiger partial charge on any atom is -0.542 e. The van der Waals surface area contributed by atoms with Crippen LogP contribution in [0.4, 0.5) is 26.3 Å². The third-order valence-corrected chi connectivity index (χ3v) is 7.80. The van der Waals surface area contributed by atoms with Crippen LogP contribution in [0.25, 0.3) is 0 Å². The van der Waals surface area contributed by atoms with E-state index in [0.29, 0.717) is 30.5 Å². The number of methoxy groups -OCH3 is 2. The lowest BCUT2D eigenvalue weighted by Gasteiger charge is -2.38. The second-order valence-electron chi connectivity index (χ2n) is 9.15. The number of hydrogen-bond acceptors (Lipinski definition) is 7. The zero-order chi connectivity index (χ0) is 29.8. The number of alkyl halides is 6. The Labute approximate surface area is 229 Å². The maximum Gasteiger partial charge on any atom is 0.455 e. The van der Waals surface area contributed by atoms with E-state index in [4.69, 9.17) is 19.4 Å². The molecule has 220 valence electrons. The van der Waals surface area contributed by atoms with Crippen LogP contribution >= 0.6 is 11.3 Å². The number of hydrogen-bond donors (Lipinski definition) is 1. The third-order valence-electron chi connectivity index (χ3n) is 6.73. The van der Waals surface area contributed by atoms with E-state index in [1.807, 2.05) is 12.1 Å². The number of carboxylic acid groups (broad SMARTS) is 1. The first-order valence-corrected chi connectivity index (χ1v) is 12.8. The highest BCUT2D eigenvalue weighted by Gasteiger charge is 2.41. The number of benzene rings is 1. The summed E-state index contributed by atoms with van der Waals surface area (Å²) in [6.45, 7) is 2.97. The van der Waals surface area contributed by atoms with Gasteiger partial charge in [0.25, 0.3) is 11.7 Å².